The van der Waals surface area contributed by atoms with Crippen molar-refractivity contribution in [2.24, 2.45) is 5.92 Å². The van der Waals surface area contributed by atoms with Gasteiger partial charge >= 0.3 is 6.18 Å². The molecule has 0 bridgehead atoms. The van der Waals surface area contributed by atoms with Crippen molar-refractivity contribution in [3.05, 3.63) is 29.8 Å². The second kappa shape index (κ2) is 7.76. The lowest BCUT2D eigenvalue weighted by Crippen LogP contribution is -2.46. The minimum Gasteiger partial charge on any atom is -0.385 e. The van der Waals surface area contributed by atoms with Gasteiger partial charge in [0, 0.05) is 18.3 Å². The Kier molecular flexibility index (Phi) is 6.28. The number of sulfonamides is 1. The molecule has 0 amide bonds. The Morgan fingerprint density at radius 3 is 2.23 bits per heavy atom. The molecule has 148 valence electrons. The standard InChI is InChI=1S/C18H27F3N2O2S/c1-17(2,3)26(24,25)23-15-9-7-13(8-10-15)12-22-16-6-4-5-14(11-16)18(19,20)21/h4-6,11,13,15,22-23H,7-10,12H2,1-3H3/t13-,15-. The molecule has 2 N–H and O–H groups in total. The van der Waals surface area contributed by atoms with E-state index in [-0.39, 0.29) is 6.04 Å². The molecule has 1 aliphatic carbocycles. The van der Waals surface area contributed by atoms with Crippen molar-refractivity contribution in [2.45, 2.75) is 63.4 Å². The number of hydrogen-bond acceptors (Lipinski definition) is 3. The molecule has 1 aromatic rings. The van der Waals surface area contributed by atoms with Gasteiger partial charge in [0.05, 0.1) is 10.3 Å². The molecule has 0 spiro atoms. The minimum absolute atomic E-state index is 0.0657. The van der Waals surface area contributed by atoms with Crippen LogP contribution in [0.5, 0.6) is 0 Å². The van der Waals surface area contributed by atoms with Crippen LogP contribution in [0.2, 0.25) is 0 Å². The summed E-state index contributed by atoms with van der Waals surface area (Å²) in [6.45, 7) is 5.58. The zero-order valence-corrected chi connectivity index (χ0v) is 16.2. The fourth-order valence-electron chi connectivity index (χ4n) is 2.95. The minimum atomic E-state index is -4.35. The molecule has 0 radical (unpaired) electrons. The molecular formula is C18H27F3N2O2S. The van der Waals surface area contributed by atoms with E-state index in [0.29, 0.717) is 18.2 Å². The Morgan fingerprint density at radius 1 is 1.08 bits per heavy atom. The lowest BCUT2D eigenvalue weighted by atomic mass is 9.86. The number of anilines is 1. The fraction of sp³-hybridized carbons (Fsp3) is 0.667. The molecule has 0 unspecified atom stereocenters. The van der Waals surface area contributed by atoms with Crippen LogP contribution in [-0.2, 0) is 16.2 Å². The van der Waals surface area contributed by atoms with E-state index in [1.165, 1.54) is 6.07 Å². The first-order chi connectivity index (χ1) is 11.9. The van der Waals surface area contributed by atoms with Gasteiger partial charge in [0.25, 0.3) is 0 Å². The van der Waals surface area contributed by atoms with Crippen molar-refractivity contribution >= 4 is 15.7 Å². The largest absolute Gasteiger partial charge is 0.416 e. The van der Waals surface area contributed by atoms with Gasteiger partial charge in [-0.3, -0.25) is 0 Å². The van der Waals surface area contributed by atoms with E-state index in [1.54, 1.807) is 26.8 Å². The van der Waals surface area contributed by atoms with E-state index in [9.17, 15) is 21.6 Å². The smallest absolute Gasteiger partial charge is 0.385 e. The van der Waals surface area contributed by atoms with Crippen LogP contribution in [0.1, 0.15) is 52.0 Å². The molecule has 2 rings (SSSR count). The average molecular weight is 392 g/mol. The molecule has 0 aliphatic heterocycles. The number of rotatable bonds is 5. The molecule has 1 saturated carbocycles. The Hall–Kier alpha value is -1.28. The van der Waals surface area contributed by atoms with Crippen LogP contribution >= 0.6 is 0 Å². The Labute approximate surface area is 153 Å². The van der Waals surface area contributed by atoms with Gasteiger partial charge in [-0.05, 0) is 70.6 Å². The van der Waals surface area contributed by atoms with Crippen LogP contribution in [0.4, 0.5) is 18.9 Å². The lowest BCUT2D eigenvalue weighted by molar-refractivity contribution is -0.137. The van der Waals surface area contributed by atoms with Crippen molar-refractivity contribution in [1.82, 2.24) is 4.72 Å². The van der Waals surface area contributed by atoms with Crippen LogP contribution in [0.3, 0.4) is 0 Å². The molecule has 0 saturated heterocycles. The van der Waals surface area contributed by atoms with Crippen molar-refractivity contribution in [1.29, 1.82) is 0 Å². The zero-order valence-electron chi connectivity index (χ0n) is 15.4. The lowest BCUT2D eigenvalue weighted by Gasteiger charge is -2.31. The van der Waals surface area contributed by atoms with E-state index in [4.69, 9.17) is 0 Å². The first kappa shape index (κ1) is 21.0. The molecule has 4 nitrogen and oxygen atoms in total. The van der Waals surface area contributed by atoms with Gasteiger partial charge in [-0.25, -0.2) is 13.1 Å². The second-order valence-electron chi connectivity index (χ2n) is 7.91. The van der Waals surface area contributed by atoms with Gasteiger partial charge in [-0.15, -0.1) is 0 Å². The predicted molar refractivity (Wildman–Crippen MR) is 97.5 cm³/mol. The van der Waals surface area contributed by atoms with Gasteiger partial charge in [0.2, 0.25) is 10.0 Å². The number of hydrogen-bond donors (Lipinski definition) is 2. The first-order valence-corrected chi connectivity index (χ1v) is 10.3. The molecule has 0 aromatic heterocycles. The van der Waals surface area contributed by atoms with Crippen molar-refractivity contribution in [3.63, 3.8) is 0 Å². The van der Waals surface area contributed by atoms with Gasteiger partial charge < -0.3 is 5.32 Å². The maximum absolute atomic E-state index is 12.7. The van der Waals surface area contributed by atoms with Crippen LogP contribution in [0, 0.1) is 5.92 Å². The summed E-state index contributed by atoms with van der Waals surface area (Å²) in [6, 6.07) is 5.12. The van der Waals surface area contributed by atoms with Crippen LogP contribution in [-0.4, -0.2) is 25.8 Å². The molecule has 26 heavy (non-hydrogen) atoms. The highest BCUT2D eigenvalue weighted by molar-refractivity contribution is 7.90. The molecule has 8 heteroatoms. The van der Waals surface area contributed by atoms with Gasteiger partial charge in [-0.2, -0.15) is 13.2 Å². The normalized spacial score (nSPS) is 22.2. The van der Waals surface area contributed by atoms with Gasteiger partial charge in [0.15, 0.2) is 0 Å². The third-order valence-corrected chi connectivity index (χ3v) is 7.02. The van der Waals surface area contributed by atoms with Crippen molar-refractivity contribution in [3.8, 4) is 0 Å². The summed E-state index contributed by atoms with van der Waals surface area (Å²) in [5.74, 6) is 0.319. The third-order valence-electron chi connectivity index (χ3n) is 4.76. The Morgan fingerprint density at radius 2 is 1.69 bits per heavy atom. The van der Waals surface area contributed by atoms with Crippen molar-refractivity contribution in [2.75, 3.05) is 11.9 Å². The molecular weight excluding hydrogens is 365 g/mol. The highest BCUT2D eigenvalue weighted by atomic mass is 32.2. The van der Waals surface area contributed by atoms with Crippen LogP contribution in [0.15, 0.2) is 24.3 Å². The highest BCUT2D eigenvalue weighted by Crippen LogP contribution is 2.31. The van der Waals surface area contributed by atoms with Crippen molar-refractivity contribution < 1.29 is 21.6 Å². The van der Waals surface area contributed by atoms with E-state index in [1.807, 2.05) is 0 Å². The number of alkyl halides is 3. The van der Waals surface area contributed by atoms with E-state index in [0.717, 1.165) is 37.8 Å². The first-order valence-electron chi connectivity index (χ1n) is 8.81. The van der Waals surface area contributed by atoms with Crippen LogP contribution < -0.4 is 10.0 Å². The summed E-state index contributed by atoms with van der Waals surface area (Å²) in [5, 5.41) is 3.08. The number of benzene rings is 1. The van der Waals surface area contributed by atoms with E-state index in [2.05, 4.69) is 10.0 Å². The summed E-state index contributed by atoms with van der Waals surface area (Å²) < 4.78 is 64.6. The maximum Gasteiger partial charge on any atom is 0.416 e. The molecule has 1 fully saturated rings. The summed E-state index contributed by atoms with van der Waals surface area (Å²) in [6.07, 6.45) is -1.19. The highest BCUT2D eigenvalue weighted by Gasteiger charge is 2.33. The maximum atomic E-state index is 12.7. The second-order valence-corrected chi connectivity index (χ2v) is 10.4. The summed E-state index contributed by atoms with van der Waals surface area (Å²) in [4.78, 5) is 0. The van der Waals surface area contributed by atoms with Gasteiger partial charge in [-0.1, -0.05) is 6.07 Å². The topological polar surface area (TPSA) is 58.2 Å². The Balaban J connectivity index is 1.83. The average Bonchev–Trinajstić information content (AvgIpc) is 2.52. The third kappa shape index (κ3) is 5.61. The predicted octanol–water partition coefficient (Wildman–Crippen LogP) is 4.39. The molecule has 1 aromatic carbocycles. The molecule has 0 heterocycles. The number of halogens is 3. The summed E-state index contributed by atoms with van der Waals surface area (Å²) >= 11 is 0. The SMILES string of the molecule is CC(C)(C)S(=O)(=O)N[C@H]1CC[C@H](CNc2cccc(C(F)(F)F)c2)CC1. The molecule has 1 aliphatic rings. The quantitative estimate of drug-likeness (QED) is 0.781. The Bertz CT molecular complexity index is 704. The van der Waals surface area contributed by atoms with E-state index < -0.39 is 26.5 Å². The van der Waals surface area contributed by atoms with Gasteiger partial charge in [0.1, 0.15) is 0 Å². The fourth-order valence-corrected chi connectivity index (χ4v) is 3.98. The molecule has 0 atom stereocenters. The van der Waals surface area contributed by atoms with E-state index >= 15 is 0 Å². The monoisotopic (exact) mass is 392 g/mol. The zero-order chi connectivity index (χ0) is 19.6. The summed E-state index contributed by atoms with van der Waals surface area (Å²) in [7, 11) is -3.36. The summed E-state index contributed by atoms with van der Waals surface area (Å²) in [5.41, 5.74) is -0.210. The van der Waals surface area contributed by atoms with Crippen LogP contribution in [0.25, 0.3) is 0 Å². The number of nitrogens with one attached hydrogen (secondary N) is 2.